The van der Waals surface area contributed by atoms with Crippen LogP contribution in [0.25, 0.3) is 0 Å². The van der Waals surface area contributed by atoms with Gasteiger partial charge in [-0.3, -0.25) is 0 Å². The van der Waals surface area contributed by atoms with Gasteiger partial charge < -0.3 is 9.59 Å². The molecular weight excluding hydrogens is 176 g/mol. The standard InChI is InChI=1S/C12H14O2/c1-11(9-13)5-3-4-6-12(2,10-14)8-7-11/h3-10H,1-2H3/b5-3-,6-4-,8-7-. The first-order valence-corrected chi connectivity index (χ1v) is 4.54. The summed E-state index contributed by atoms with van der Waals surface area (Å²) in [7, 11) is 0. The fourth-order valence-corrected chi connectivity index (χ4v) is 1.15. The quantitative estimate of drug-likeness (QED) is 0.493. The summed E-state index contributed by atoms with van der Waals surface area (Å²) in [5.41, 5.74) is -1.20. The van der Waals surface area contributed by atoms with Gasteiger partial charge in [0.2, 0.25) is 0 Å². The first-order chi connectivity index (χ1) is 6.54. The minimum absolute atomic E-state index is 0.602. The second-order valence-electron chi connectivity index (χ2n) is 4.02. The van der Waals surface area contributed by atoms with Gasteiger partial charge in [0.05, 0.1) is 10.8 Å². The Bertz CT molecular complexity index is 293. The van der Waals surface area contributed by atoms with Crippen LogP contribution in [0.5, 0.6) is 0 Å². The van der Waals surface area contributed by atoms with Gasteiger partial charge in [-0.05, 0) is 13.8 Å². The van der Waals surface area contributed by atoms with Crippen LogP contribution in [0, 0.1) is 10.8 Å². The molecule has 2 nitrogen and oxygen atoms in total. The van der Waals surface area contributed by atoms with Gasteiger partial charge in [0.25, 0.3) is 0 Å². The van der Waals surface area contributed by atoms with E-state index in [0.29, 0.717) is 0 Å². The Labute approximate surface area is 84.0 Å². The smallest absolute Gasteiger partial charge is 0.133 e. The number of hydrogen-bond donors (Lipinski definition) is 0. The van der Waals surface area contributed by atoms with Crippen LogP contribution in [0.3, 0.4) is 0 Å². The van der Waals surface area contributed by atoms with Gasteiger partial charge in [0, 0.05) is 0 Å². The molecule has 0 heterocycles. The summed E-state index contributed by atoms with van der Waals surface area (Å²) in [6, 6.07) is 0. The summed E-state index contributed by atoms with van der Waals surface area (Å²) in [6.07, 6.45) is 12.4. The monoisotopic (exact) mass is 190 g/mol. The van der Waals surface area contributed by atoms with Crippen LogP contribution in [-0.4, -0.2) is 12.6 Å². The van der Waals surface area contributed by atoms with Crippen LogP contribution in [0.4, 0.5) is 0 Å². The Hall–Kier alpha value is -1.44. The van der Waals surface area contributed by atoms with E-state index in [1.165, 1.54) is 0 Å². The summed E-state index contributed by atoms with van der Waals surface area (Å²) in [5.74, 6) is 0. The van der Waals surface area contributed by atoms with Crippen molar-refractivity contribution in [1.82, 2.24) is 0 Å². The van der Waals surface area contributed by atoms with Crippen LogP contribution in [0.1, 0.15) is 13.8 Å². The molecule has 0 bridgehead atoms. The van der Waals surface area contributed by atoms with Crippen LogP contribution in [-0.2, 0) is 9.59 Å². The molecule has 0 aliphatic heterocycles. The molecule has 0 radical (unpaired) electrons. The third-order valence-electron chi connectivity index (χ3n) is 2.33. The van der Waals surface area contributed by atoms with Gasteiger partial charge in [-0.25, -0.2) is 0 Å². The predicted molar refractivity (Wildman–Crippen MR) is 55.8 cm³/mol. The normalized spacial score (nSPS) is 43.0. The number of hydrogen-bond acceptors (Lipinski definition) is 2. The topological polar surface area (TPSA) is 34.1 Å². The first-order valence-electron chi connectivity index (χ1n) is 4.54. The van der Waals surface area contributed by atoms with E-state index in [4.69, 9.17) is 0 Å². The third kappa shape index (κ3) is 2.28. The highest BCUT2D eigenvalue weighted by atomic mass is 16.1. The van der Waals surface area contributed by atoms with Gasteiger partial charge in [0.15, 0.2) is 0 Å². The molecule has 74 valence electrons. The summed E-state index contributed by atoms with van der Waals surface area (Å²) in [6.45, 7) is 3.61. The van der Waals surface area contributed by atoms with Crippen molar-refractivity contribution in [1.29, 1.82) is 0 Å². The first kappa shape index (κ1) is 10.6. The summed E-state index contributed by atoms with van der Waals surface area (Å²) >= 11 is 0. The van der Waals surface area contributed by atoms with Crippen molar-refractivity contribution in [2.45, 2.75) is 13.8 Å². The fraction of sp³-hybridized carbons (Fsp3) is 0.333. The minimum atomic E-state index is -0.602. The minimum Gasteiger partial charge on any atom is -0.302 e. The van der Waals surface area contributed by atoms with Crippen LogP contribution in [0.2, 0.25) is 0 Å². The van der Waals surface area contributed by atoms with E-state index in [9.17, 15) is 9.59 Å². The highest BCUT2D eigenvalue weighted by molar-refractivity contribution is 5.69. The molecule has 0 saturated carbocycles. The van der Waals surface area contributed by atoms with Crippen molar-refractivity contribution in [2.75, 3.05) is 0 Å². The maximum atomic E-state index is 10.8. The summed E-state index contributed by atoms with van der Waals surface area (Å²) in [5, 5.41) is 0. The van der Waals surface area contributed by atoms with Gasteiger partial charge in [-0.15, -0.1) is 0 Å². The average molecular weight is 190 g/mol. The predicted octanol–water partition coefficient (Wildman–Crippen LogP) is 2.08. The second-order valence-corrected chi connectivity index (χ2v) is 4.02. The number of aldehydes is 2. The Morgan fingerprint density at radius 2 is 1.14 bits per heavy atom. The van der Waals surface area contributed by atoms with Crippen molar-refractivity contribution >= 4 is 12.6 Å². The molecule has 0 saturated heterocycles. The second kappa shape index (κ2) is 3.74. The fourth-order valence-electron chi connectivity index (χ4n) is 1.15. The Kier molecular flexibility index (Phi) is 2.84. The molecule has 2 heteroatoms. The molecule has 0 aromatic heterocycles. The van der Waals surface area contributed by atoms with Crippen molar-refractivity contribution in [3.05, 3.63) is 36.5 Å². The largest absolute Gasteiger partial charge is 0.302 e. The Balaban J connectivity index is 3.11. The average Bonchev–Trinajstić information content (AvgIpc) is 2.20. The molecule has 1 rings (SSSR count). The molecule has 1 aliphatic rings. The molecule has 0 spiro atoms. The zero-order valence-electron chi connectivity index (χ0n) is 8.44. The highest BCUT2D eigenvalue weighted by Crippen LogP contribution is 2.25. The molecule has 14 heavy (non-hydrogen) atoms. The number of allylic oxidation sites excluding steroid dienone is 6. The van der Waals surface area contributed by atoms with E-state index in [1.807, 2.05) is 0 Å². The molecule has 1 aliphatic carbocycles. The summed E-state index contributed by atoms with van der Waals surface area (Å²) in [4.78, 5) is 21.7. The molecule has 0 aromatic rings. The molecule has 0 fully saturated rings. The van der Waals surface area contributed by atoms with Gasteiger partial charge in [-0.1, -0.05) is 36.5 Å². The molecule has 2 atom stereocenters. The van der Waals surface area contributed by atoms with Crippen molar-refractivity contribution < 1.29 is 9.59 Å². The van der Waals surface area contributed by atoms with E-state index in [1.54, 1.807) is 50.3 Å². The Morgan fingerprint density at radius 3 is 1.43 bits per heavy atom. The lowest BCUT2D eigenvalue weighted by molar-refractivity contribution is -0.113. The van der Waals surface area contributed by atoms with Crippen molar-refractivity contribution in [3.63, 3.8) is 0 Å². The van der Waals surface area contributed by atoms with Crippen LogP contribution >= 0.6 is 0 Å². The zero-order chi connectivity index (χ0) is 10.7. The van der Waals surface area contributed by atoms with E-state index in [-0.39, 0.29) is 0 Å². The lowest BCUT2D eigenvalue weighted by Gasteiger charge is -2.19. The van der Waals surface area contributed by atoms with Crippen molar-refractivity contribution in [3.8, 4) is 0 Å². The van der Waals surface area contributed by atoms with Crippen LogP contribution in [0.15, 0.2) is 36.5 Å². The van der Waals surface area contributed by atoms with E-state index >= 15 is 0 Å². The van der Waals surface area contributed by atoms with Gasteiger partial charge >= 0.3 is 0 Å². The van der Waals surface area contributed by atoms with E-state index in [0.717, 1.165) is 12.6 Å². The van der Waals surface area contributed by atoms with Gasteiger partial charge in [-0.2, -0.15) is 0 Å². The van der Waals surface area contributed by atoms with E-state index in [2.05, 4.69) is 0 Å². The molecule has 0 N–H and O–H groups in total. The maximum Gasteiger partial charge on any atom is 0.133 e. The SMILES string of the molecule is CC1(C=O)/C=C\C=C/C(C)(C=O)/C=C\1. The Morgan fingerprint density at radius 1 is 0.786 bits per heavy atom. The molecular formula is C12H14O2. The highest BCUT2D eigenvalue weighted by Gasteiger charge is 2.21. The lowest BCUT2D eigenvalue weighted by atomic mass is 9.83. The third-order valence-corrected chi connectivity index (χ3v) is 2.33. The molecule has 2 unspecified atom stereocenters. The maximum absolute atomic E-state index is 10.8. The number of rotatable bonds is 2. The zero-order valence-corrected chi connectivity index (χ0v) is 8.44. The summed E-state index contributed by atoms with van der Waals surface area (Å²) < 4.78 is 0. The molecule has 0 amide bonds. The molecule has 0 aromatic carbocycles. The van der Waals surface area contributed by atoms with Crippen LogP contribution < -0.4 is 0 Å². The number of carbonyl (C=O) groups excluding carboxylic acids is 2. The van der Waals surface area contributed by atoms with E-state index < -0.39 is 10.8 Å². The van der Waals surface area contributed by atoms with Crippen molar-refractivity contribution in [2.24, 2.45) is 10.8 Å². The number of carbonyl (C=O) groups is 2. The van der Waals surface area contributed by atoms with Gasteiger partial charge in [0.1, 0.15) is 12.6 Å². The lowest BCUT2D eigenvalue weighted by Crippen LogP contribution is -2.17.